The molecular formula is C19H18Cl2O3. The van der Waals surface area contributed by atoms with Crippen molar-refractivity contribution in [3.8, 4) is 5.75 Å². The van der Waals surface area contributed by atoms with Gasteiger partial charge in [-0.2, -0.15) is 0 Å². The third-order valence-electron chi connectivity index (χ3n) is 4.74. The second kappa shape index (κ2) is 6.75. The number of Topliss-reactive ketones (excluding diaryl/α,β-unsaturated/α-hetero) is 1. The van der Waals surface area contributed by atoms with Gasteiger partial charge < -0.3 is 9.84 Å². The number of hydrogen-bond donors (Lipinski definition) is 1. The van der Waals surface area contributed by atoms with Gasteiger partial charge in [-0.25, -0.2) is 0 Å². The van der Waals surface area contributed by atoms with Gasteiger partial charge in [0.2, 0.25) is 0 Å². The maximum Gasteiger partial charge on any atom is 0.181 e. The van der Waals surface area contributed by atoms with Crippen LogP contribution in [0.15, 0.2) is 36.4 Å². The Balaban J connectivity index is 1.85. The number of carbonyl (C=O) groups is 1. The van der Waals surface area contributed by atoms with Crippen LogP contribution in [-0.2, 0) is 4.79 Å². The van der Waals surface area contributed by atoms with Gasteiger partial charge in [0.1, 0.15) is 5.75 Å². The van der Waals surface area contributed by atoms with E-state index in [9.17, 15) is 9.90 Å². The van der Waals surface area contributed by atoms with Gasteiger partial charge in [-0.15, -0.1) is 0 Å². The van der Waals surface area contributed by atoms with E-state index in [0.29, 0.717) is 15.8 Å². The summed E-state index contributed by atoms with van der Waals surface area (Å²) in [7, 11) is 0. The van der Waals surface area contributed by atoms with Crippen LogP contribution in [0.4, 0.5) is 0 Å². The van der Waals surface area contributed by atoms with Crippen molar-refractivity contribution in [1.82, 2.24) is 0 Å². The zero-order valence-electron chi connectivity index (χ0n) is 13.4. The summed E-state index contributed by atoms with van der Waals surface area (Å²) in [5.74, 6) is -0.262. The topological polar surface area (TPSA) is 46.5 Å². The van der Waals surface area contributed by atoms with Crippen molar-refractivity contribution in [1.29, 1.82) is 0 Å². The number of ketones is 1. The van der Waals surface area contributed by atoms with Crippen LogP contribution in [-0.4, -0.2) is 23.6 Å². The molecule has 2 aromatic carbocycles. The molecule has 24 heavy (non-hydrogen) atoms. The Morgan fingerprint density at radius 2 is 1.92 bits per heavy atom. The molecule has 0 heterocycles. The first-order valence-corrected chi connectivity index (χ1v) is 8.52. The van der Waals surface area contributed by atoms with Crippen molar-refractivity contribution >= 4 is 29.0 Å². The summed E-state index contributed by atoms with van der Waals surface area (Å²) in [6.45, 7) is 3.88. The van der Waals surface area contributed by atoms with E-state index in [2.05, 4.69) is 0 Å². The Kier molecular flexibility index (Phi) is 4.86. The third-order valence-corrected chi connectivity index (χ3v) is 5.27. The molecule has 1 aliphatic rings. The molecule has 0 saturated heterocycles. The first-order valence-electron chi connectivity index (χ1n) is 7.76. The fraction of sp³-hybridized carbons (Fsp3) is 0.316. The van der Waals surface area contributed by atoms with Gasteiger partial charge >= 0.3 is 0 Å². The maximum atomic E-state index is 12.7. The molecule has 126 valence electrons. The Morgan fingerprint density at radius 1 is 1.17 bits per heavy atom. The van der Waals surface area contributed by atoms with Crippen molar-refractivity contribution < 1.29 is 14.6 Å². The van der Waals surface area contributed by atoms with E-state index in [0.717, 1.165) is 16.7 Å². The van der Waals surface area contributed by atoms with Crippen LogP contribution in [0.5, 0.6) is 5.75 Å². The fourth-order valence-corrected chi connectivity index (χ4v) is 3.66. The number of aryl methyl sites for hydroxylation is 1. The Labute approximate surface area is 151 Å². The lowest BCUT2D eigenvalue weighted by molar-refractivity contribution is -0.145. The van der Waals surface area contributed by atoms with E-state index in [-0.39, 0.29) is 24.2 Å². The normalized spacial score (nSPS) is 23.0. The van der Waals surface area contributed by atoms with Gasteiger partial charge in [-0.1, -0.05) is 41.4 Å². The second-order valence-electron chi connectivity index (χ2n) is 6.13. The number of ether oxygens (including phenoxy) is 1. The van der Waals surface area contributed by atoms with Gasteiger partial charge in [-0.3, -0.25) is 4.79 Å². The van der Waals surface area contributed by atoms with Crippen LogP contribution in [0.25, 0.3) is 0 Å². The predicted octanol–water partition coefficient (Wildman–Crippen LogP) is 4.33. The molecule has 1 aliphatic carbocycles. The van der Waals surface area contributed by atoms with Crippen LogP contribution in [0.2, 0.25) is 10.0 Å². The van der Waals surface area contributed by atoms with E-state index < -0.39 is 6.10 Å². The van der Waals surface area contributed by atoms with Gasteiger partial charge in [-0.05, 0) is 48.7 Å². The molecule has 0 radical (unpaired) electrons. The van der Waals surface area contributed by atoms with Gasteiger partial charge in [0.05, 0.1) is 17.5 Å². The van der Waals surface area contributed by atoms with E-state index in [1.807, 2.05) is 32.0 Å². The van der Waals surface area contributed by atoms with E-state index in [1.165, 1.54) is 0 Å². The number of rotatable bonds is 4. The number of aliphatic hydroxyl groups is 1. The van der Waals surface area contributed by atoms with Crippen LogP contribution in [0, 0.1) is 19.8 Å². The summed E-state index contributed by atoms with van der Waals surface area (Å²) in [6, 6.07) is 10.7. The first-order chi connectivity index (χ1) is 11.4. The Bertz CT molecular complexity index is 788. The molecular weight excluding hydrogens is 347 g/mol. The van der Waals surface area contributed by atoms with Gasteiger partial charge in [0.15, 0.2) is 11.9 Å². The van der Waals surface area contributed by atoms with E-state index >= 15 is 0 Å². The average molecular weight is 365 g/mol. The molecule has 0 aromatic heterocycles. The molecule has 3 nitrogen and oxygen atoms in total. The third kappa shape index (κ3) is 2.92. The maximum absolute atomic E-state index is 12.7. The summed E-state index contributed by atoms with van der Waals surface area (Å²) < 4.78 is 5.77. The quantitative estimate of drug-likeness (QED) is 0.877. The van der Waals surface area contributed by atoms with Crippen molar-refractivity contribution in [2.45, 2.75) is 25.9 Å². The molecule has 0 amide bonds. The van der Waals surface area contributed by atoms with E-state index in [4.69, 9.17) is 27.9 Å². The van der Waals surface area contributed by atoms with Crippen LogP contribution in [0.3, 0.4) is 0 Å². The summed E-state index contributed by atoms with van der Waals surface area (Å²) in [4.78, 5) is 12.7. The number of halogens is 2. The van der Waals surface area contributed by atoms with Gasteiger partial charge in [0.25, 0.3) is 0 Å². The van der Waals surface area contributed by atoms with Crippen LogP contribution >= 0.6 is 23.2 Å². The monoisotopic (exact) mass is 364 g/mol. The second-order valence-corrected chi connectivity index (χ2v) is 6.97. The number of carbonyl (C=O) groups excluding carboxylic acids is 1. The lowest BCUT2D eigenvalue weighted by Gasteiger charge is -2.42. The average Bonchev–Trinajstić information content (AvgIpc) is 2.55. The van der Waals surface area contributed by atoms with Crippen molar-refractivity contribution in [2.75, 3.05) is 6.61 Å². The smallest absolute Gasteiger partial charge is 0.181 e. The highest BCUT2D eigenvalue weighted by atomic mass is 35.5. The highest BCUT2D eigenvalue weighted by molar-refractivity contribution is 6.35. The minimum Gasteiger partial charge on any atom is -0.481 e. The summed E-state index contributed by atoms with van der Waals surface area (Å²) in [5.41, 5.74) is 3.17. The number of aliphatic hydroxyl groups excluding tert-OH is 1. The highest BCUT2D eigenvalue weighted by Crippen LogP contribution is 2.44. The molecule has 5 heteroatoms. The molecule has 0 unspecified atom stereocenters. The zero-order valence-corrected chi connectivity index (χ0v) is 14.9. The van der Waals surface area contributed by atoms with E-state index in [1.54, 1.807) is 18.2 Å². The number of hydrogen-bond acceptors (Lipinski definition) is 3. The molecule has 1 fully saturated rings. The molecule has 1 saturated carbocycles. The molecule has 0 bridgehead atoms. The van der Waals surface area contributed by atoms with Gasteiger partial charge in [0, 0.05) is 10.9 Å². The predicted molar refractivity (Wildman–Crippen MR) is 95.1 cm³/mol. The van der Waals surface area contributed by atoms with Crippen LogP contribution < -0.4 is 4.74 Å². The summed E-state index contributed by atoms with van der Waals surface area (Å²) in [6.07, 6.45) is -0.696. The lowest BCUT2D eigenvalue weighted by Crippen LogP contribution is -2.55. The molecule has 2 aromatic rings. The fourth-order valence-electron chi connectivity index (χ4n) is 3.20. The zero-order chi connectivity index (χ0) is 17.4. The lowest BCUT2D eigenvalue weighted by atomic mass is 9.65. The molecule has 3 rings (SSSR count). The molecule has 3 atom stereocenters. The minimum absolute atomic E-state index is 0.0335. The summed E-state index contributed by atoms with van der Waals surface area (Å²) in [5, 5.41) is 10.6. The summed E-state index contributed by atoms with van der Waals surface area (Å²) >= 11 is 12.0. The van der Waals surface area contributed by atoms with Crippen LogP contribution in [0.1, 0.15) is 22.6 Å². The Hall–Kier alpha value is -1.55. The SMILES string of the molecule is Cc1cccc([C@@H]2C(=O)[C@@H](Oc3ccc(Cl)cc3Cl)[C@H]2CO)c1C. The standard InChI is InChI=1S/C19H18Cl2O3/c1-10-4-3-5-13(11(10)2)17-14(9-22)19(18(17)23)24-16-7-6-12(20)8-15(16)21/h3-8,14,17,19,22H,9H2,1-2H3/t14-,17-,19-/m0/s1. The molecule has 0 aliphatic heterocycles. The minimum atomic E-state index is -0.696. The number of benzene rings is 2. The highest BCUT2D eigenvalue weighted by Gasteiger charge is 2.52. The van der Waals surface area contributed by atoms with Crippen molar-refractivity contribution in [2.24, 2.45) is 5.92 Å². The first kappa shape index (κ1) is 17.3. The van der Waals surface area contributed by atoms with Crippen molar-refractivity contribution in [3.05, 3.63) is 63.1 Å². The molecule has 0 spiro atoms. The van der Waals surface area contributed by atoms with Crippen molar-refractivity contribution in [3.63, 3.8) is 0 Å². The Morgan fingerprint density at radius 3 is 2.58 bits per heavy atom. The molecule has 1 N–H and O–H groups in total. The largest absolute Gasteiger partial charge is 0.481 e.